The Morgan fingerprint density at radius 3 is 2.79 bits per heavy atom. The fraction of sp³-hybridized carbons (Fsp3) is 0.0769. The number of benzene rings is 1. The van der Waals surface area contributed by atoms with Gasteiger partial charge in [0.05, 0.1) is 0 Å². The summed E-state index contributed by atoms with van der Waals surface area (Å²) in [5, 5.41) is 11.7. The number of carboxylic acids is 1. The van der Waals surface area contributed by atoms with E-state index in [0.717, 1.165) is 12.1 Å². The first kappa shape index (κ1) is 12.9. The minimum atomic E-state index is -1.13. The van der Waals surface area contributed by atoms with E-state index in [1.165, 1.54) is 24.4 Å². The lowest BCUT2D eigenvalue weighted by molar-refractivity contribution is 0.0697. The van der Waals surface area contributed by atoms with Gasteiger partial charge in [-0.15, -0.1) is 0 Å². The molecule has 0 atom stereocenters. The number of aromatic carboxylic acids is 1. The van der Waals surface area contributed by atoms with Crippen LogP contribution in [0.1, 0.15) is 15.9 Å². The van der Waals surface area contributed by atoms with Crippen molar-refractivity contribution in [3.8, 4) is 0 Å². The van der Waals surface area contributed by atoms with Crippen molar-refractivity contribution in [1.29, 1.82) is 0 Å². The van der Waals surface area contributed by atoms with E-state index in [-0.39, 0.29) is 23.5 Å². The molecule has 0 saturated heterocycles. The van der Waals surface area contributed by atoms with Crippen molar-refractivity contribution in [2.24, 2.45) is 0 Å². The molecule has 0 amide bonds. The Hall–Kier alpha value is -2.50. The van der Waals surface area contributed by atoms with Crippen LogP contribution in [0.2, 0.25) is 0 Å². The second-order valence-corrected chi connectivity index (χ2v) is 3.79. The number of rotatable bonds is 4. The molecule has 0 bridgehead atoms. The molecule has 0 unspecified atom stereocenters. The van der Waals surface area contributed by atoms with Crippen LogP contribution in [-0.2, 0) is 6.54 Å². The van der Waals surface area contributed by atoms with Gasteiger partial charge in [0.1, 0.15) is 23.0 Å². The van der Waals surface area contributed by atoms with Crippen LogP contribution in [0.5, 0.6) is 0 Å². The first-order valence-electron chi connectivity index (χ1n) is 5.44. The lowest BCUT2D eigenvalue weighted by Gasteiger charge is -2.08. The molecule has 0 fully saturated rings. The van der Waals surface area contributed by atoms with Crippen LogP contribution in [0.4, 0.5) is 14.6 Å². The normalized spacial score (nSPS) is 10.2. The van der Waals surface area contributed by atoms with Crippen molar-refractivity contribution < 1.29 is 18.7 Å². The molecule has 0 saturated carbocycles. The summed E-state index contributed by atoms with van der Waals surface area (Å²) >= 11 is 0. The van der Waals surface area contributed by atoms with Crippen LogP contribution in [0.25, 0.3) is 0 Å². The van der Waals surface area contributed by atoms with Gasteiger partial charge in [-0.25, -0.2) is 18.6 Å². The smallest absolute Gasteiger partial charge is 0.339 e. The lowest BCUT2D eigenvalue weighted by Crippen LogP contribution is -2.09. The van der Waals surface area contributed by atoms with Crippen LogP contribution in [0.3, 0.4) is 0 Å². The van der Waals surface area contributed by atoms with E-state index in [0.29, 0.717) is 0 Å². The summed E-state index contributed by atoms with van der Waals surface area (Å²) in [5.74, 6) is -2.35. The summed E-state index contributed by atoms with van der Waals surface area (Å²) in [4.78, 5) is 14.8. The van der Waals surface area contributed by atoms with E-state index in [1.807, 2.05) is 0 Å². The maximum absolute atomic E-state index is 13.4. The van der Waals surface area contributed by atoms with E-state index < -0.39 is 17.6 Å². The van der Waals surface area contributed by atoms with Crippen LogP contribution >= 0.6 is 0 Å². The molecule has 0 aliphatic carbocycles. The average Bonchev–Trinajstić information content (AvgIpc) is 2.38. The molecule has 1 aromatic carbocycles. The van der Waals surface area contributed by atoms with Gasteiger partial charge in [0.15, 0.2) is 0 Å². The number of aromatic nitrogens is 1. The Bertz CT molecular complexity index is 617. The molecule has 0 aliphatic rings. The Balaban J connectivity index is 2.17. The van der Waals surface area contributed by atoms with Crippen LogP contribution in [-0.4, -0.2) is 16.1 Å². The molecule has 98 valence electrons. The Morgan fingerprint density at radius 2 is 2.11 bits per heavy atom. The van der Waals surface area contributed by atoms with E-state index in [4.69, 9.17) is 5.11 Å². The predicted octanol–water partition coefficient (Wildman–Crippen LogP) is 2.67. The third kappa shape index (κ3) is 3.04. The van der Waals surface area contributed by atoms with Gasteiger partial charge in [-0.3, -0.25) is 0 Å². The van der Waals surface area contributed by atoms with Gasteiger partial charge < -0.3 is 10.4 Å². The number of halogens is 2. The van der Waals surface area contributed by atoms with Crippen molar-refractivity contribution in [3.63, 3.8) is 0 Å². The molecule has 0 aliphatic heterocycles. The van der Waals surface area contributed by atoms with Crippen LogP contribution < -0.4 is 5.32 Å². The minimum Gasteiger partial charge on any atom is -0.478 e. The molecule has 1 heterocycles. The first-order valence-corrected chi connectivity index (χ1v) is 5.44. The molecule has 2 N–H and O–H groups in total. The van der Waals surface area contributed by atoms with E-state index in [9.17, 15) is 13.6 Å². The summed E-state index contributed by atoms with van der Waals surface area (Å²) in [6.45, 7) is 0.0173. The topological polar surface area (TPSA) is 62.2 Å². The van der Waals surface area contributed by atoms with Crippen molar-refractivity contribution in [3.05, 3.63) is 59.3 Å². The number of pyridine rings is 1. The van der Waals surface area contributed by atoms with Crippen LogP contribution in [0.15, 0.2) is 36.5 Å². The highest BCUT2D eigenvalue weighted by atomic mass is 19.1. The quantitative estimate of drug-likeness (QED) is 0.891. The molecule has 2 rings (SSSR count). The van der Waals surface area contributed by atoms with Gasteiger partial charge in [-0.05, 0) is 18.2 Å². The van der Waals surface area contributed by atoms with Crippen molar-refractivity contribution >= 4 is 11.8 Å². The summed E-state index contributed by atoms with van der Waals surface area (Å²) in [6, 6.07) is 6.08. The zero-order valence-electron chi connectivity index (χ0n) is 9.73. The predicted molar refractivity (Wildman–Crippen MR) is 64.9 cm³/mol. The van der Waals surface area contributed by atoms with Gasteiger partial charge >= 0.3 is 5.97 Å². The summed E-state index contributed by atoms with van der Waals surface area (Å²) < 4.78 is 26.1. The van der Waals surface area contributed by atoms with Gasteiger partial charge in [-0.1, -0.05) is 6.07 Å². The number of carbonyl (C=O) groups is 1. The summed E-state index contributed by atoms with van der Waals surface area (Å²) in [7, 11) is 0. The third-order valence-electron chi connectivity index (χ3n) is 2.50. The maximum Gasteiger partial charge on any atom is 0.339 e. The summed E-state index contributed by atoms with van der Waals surface area (Å²) in [6.07, 6.45) is 1.43. The summed E-state index contributed by atoms with van der Waals surface area (Å²) in [5.41, 5.74) is 0.216. The largest absolute Gasteiger partial charge is 0.478 e. The number of carboxylic acid groups (broad SMARTS) is 1. The zero-order valence-corrected chi connectivity index (χ0v) is 9.73. The number of hydrogen-bond acceptors (Lipinski definition) is 3. The fourth-order valence-corrected chi connectivity index (χ4v) is 1.56. The minimum absolute atomic E-state index is 0.00924. The molecule has 2 aromatic rings. The Morgan fingerprint density at radius 1 is 1.32 bits per heavy atom. The van der Waals surface area contributed by atoms with Crippen molar-refractivity contribution in [1.82, 2.24) is 4.98 Å². The molecule has 0 spiro atoms. The van der Waals surface area contributed by atoms with Gasteiger partial charge in [0.2, 0.25) is 0 Å². The molecule has 1 aromatic heterocycles. The third-order valence-corrected chi connectivity index (χ3v) is 2.50. The highest BCUT2D eigenvalue weighted by Gasteiger charge is 2.11. The molecule has 0 radical (unpaired) electrons. The number of hydrogen-bond donors (Lipinski definition) is 2. The zero-order chi connectivity index (χ0) is 13.8. The second-order valence-electron chi connectivity index (χ2n) is 3.79. The lowest BCUT2D eigenvalue weighted by atomic mass is 10.2. The highest BCUT2D eigenvalue weighted by molar-refractivity contribution is 5.92. The monoisotopic (exact) mass is 264 g/mol. The van der Waals surface area contributed by atoms with E-state index >= 15 is 0 Å². The molecule has 6 heteroatoms. The Labute approximate surface area is 107 Å². The highest BCUT2D eigenvalue weighted by Crippen LogP contribution is 2.15. The fourth-order valence-electron chi connectivity index (χ4n) is 1.56. The molecular weight excluding hydrogens is 254 g/mol. The molecule has 19 heavy (non-hydrogen) atoms. The standard InChI is InChI=1S/C13H10F2N2O2/c14-9-4-3-8(11(15)6-9)7-17-12-10(13(18)19)2-1-5-16-12/h1-6H,7H2,(H,16,17)(H,18,19). The molecular formula is C13H10F2N2O2. The van der Waals surface area contributed by atoms with E-state index in [1.54, 1.807) is 0 Å². The molecule has 4 nitrogen and oxygen atoms in total. The number of nitrogens with zero attached hydrogens (tertiary/aromatic N) is 1. The van der Waals surface area contributed by atoms with Crippen molar-refractivity contribution in [2.45, 2.75) is 6.54 Å². The number of anilines is 1. The Kier molecular flexibility index (Phi) is 3.70. The second kappa shape index (κ2) is 5.43. The van der Waals surface area contributed by atoms with Gasteiger partial charge in [-0.2, -0.15) is 0 Å². The van der Waals surface area contributed by atoms with E-state index in [2.05, 4.69) is 10.3 Å². The SMILES string of the molecule is O=C(O)c1cccnc1NCc1ccc(F)cc1F. The van der Waals surface area contributed by atoms with Gasteiger partial charge in [0, 0.05) is 24.4 Å². The average molecular weight is 264 g/mol. The van der Waals surface area contributed by atoms with Gasteiger partial charge in [0.25, 0.3) is 0 Å². The number of nitrogens with one attached hydrogen (secondary N) is 1. The maximum atomic E-state index is 13.4. The first-order chi connectivity index (χ1) is 9.08. The van der Waals surface area contributed by atoms with Crippen molar-refractivity contribution in [2.75, 3.05) is 5.32 Å². The van der Waals surface area contributed by atoms with Crippen LogP contribution in [0, 0.1) is 11.6 Å².